The average Bonchev–Trinajstić information content (AvgIpc) is 2.78. The topological polar surface area (TPSA) is 64.1 Å². The van der Waals surface area contributed by atoms with E-state index < -0.39 is 0 Å². The van der Waals surface area contributed by atoms with Crippen molar-refractivity contribution in [3.05, 3.63) is 89.7 Å². The van der Waals surface area contributed by atoms with Crippen LogP contribution >= 0.6 is 0 Å². The zero-order valence-corrected chi connectivity index (χ0v) is 17.2. The van der Waals surface area contributed by atoms with Crippen LogP contribution in [0.3, 0.4) is 0 Å². The lowest BCUT2D eigenvalue weighted by molar-refractivity contribution is 0.0941. The number of ether oxygens (including phenoxy) is 1. The number of nitrogens with one attached hydrogen (secondary N) is 1. The van der Waals surface area contributed by atoms with Gasteiger partial charge in [-0.1, -0.05) is 35.9 Å². The Morgan fingerprint density at radius 2 is 1.80 bits per heavy atom. The van der Waals surface area contributed by atoms with Crippen LogP contribution in [-0.2, 0) is 0 Å². The number of methoxy groups -OCH3 is 1. The third-order valence-corrected chi connectivity index (χ3v) is 5.14. The number of para-hydroxylation sites is 1. The summed E-state index contributed by atoms with van der Waals surface area (Å²) in [7, 11) is 1.64. The van der Waals surface area contributed by atoms with E-state index in [1.54, 1.807) is 19.5 Å². The lowest BCUT2D eigenvalue weighted by Gasteiger charge is -2.19. The standard InChI is InChI=1S/C25H23N3O2/c1-16-8-9-24(30-3)20(14-16)17(2)27-25(29)21-15-23(18-10-12-26-13-11-18)28-22-7-5-4-6-19(21)22/h4-15,17H,1-3H3,(H,27,29). The van der Waals surface area contributed by atoms with E-state index in [0.29, 0.717) is 5.56 Å². The Morgan fingerprint density at radius 3 is 2.57 bits per heavy atom. The van der Waals surface area contributed by atoms with Crippen molar-refractivity contribution in [2.24, 2.45) is 0 Å². The van der Waals surface area contributed by atoms with Crippen molar-refractivity contribution in [1.29, 1.82) is 0 Å². The molecule has 0 fully saturated rings. The van der Waals surface area contributed by atoms with Gasteiger partial charge in [-0.2, -0.15) is 0 Å². The SMILES string of the molecule is COc1ccc(C)cc1C(C)NC(=O)c1cc(-c2ccncc2)nc2ccccc12. The Labute approximate surface area is 175 Å². The maximum atomic E-state index is 13.3. The van der Waals surface area contributed by atoms with E-state index >= 15 is 0 Å². The second-order valence-corrected chi connectivity index (χ2v) is 7.25. The molecule has 0 aliphatic heterocycles. The number of nitrogens with zero attached hydrogens (tertiary/aromatic N) is 2. The molecule has 4 aromatic rings. The van der Waals surface area contributed by atoms with Crippen molar-refractivity contribution < 1.29 is 9.53 Å². The van der Waals surface area contributed by atoms with Crippen LogP contribution in [0.5, 0.6) is 5.75 Å². The minimum atomic E-state index is -0.219. The van der Waals surface area contributed by atoms with Crippen molar-refractivity contribution >= 4 is 16.8 Å². The fourth-order valence-electron chi connectivity index (χ4n) is 3.58. The molecule has 30 heavy (non-hydrogen) atoms. The van der Waals surface area contributed by atoms with Gasteiger partial charge in [-0.15, -0.1) is 0 Å². The summed E-state index contributed by atoms with van der Waals surface area (Å²) in [6, 6.07) is 19.0. The lowest BCUT2D eigenvalue weighted by atomic mass is 10.0. The highest BCUT2D eigenvalue weighted by atomic mass is 16.5. The van der Waals surface area contributed by atoms with Crippen LogP contribution in [0.1, 0.15) is 34.5 Å². The first-order chi connectivity index (χ1) is 14.6. The normalized spacial score (nSPS) is 11.8. The molecule has 0 radical (unpaired) electrons. The van der Waals surface area contributed by atoms with Gasteiger partial charge >= 0.3 is 0 Å². The van der Waals surface area contributed by atoms with E-state index in [2.05, 4.69) is 10.3 Å². The number of rotatable bonds is 5. The number of carbonyl (C=O) groups is 1. The predicted molar refractivity (Wildman–Crippen MR) is 119 cm³/mol. The van der Waals surface area contributed by atoms with Gasteiger partial charge in [0.1, 0.15) is 5.75 Å². The summed E-state index contributed by atoms with van der Waals surface area (Å²) in [5, 5.41) is 3.94. The largest absolute Gasteiger partial charge is 0.496 e. The zero-order chi connectivity index (χ0) is 21.1. The monoisotopic (exact) mass is 397 g/mol. The Balaban J connectivity index is 1.73. The van der Waals surface area contributed by atoms with Gasteiger partial charge in [-0.3, -0.25) is 9.78 Å². The fourth-order valence-corrected chi connectivity index (χ4v) is 3.58. The summed E-state index contributed by atoms with van der Waals surface area (Å²) < 4.78 is 5.49. The molecule has 5 nitrogen and oxygen atoms in total. The Morgan fingerprint density at radius 1 is 1.03 bits per heavy atom. The molecule has 1 unspecified atom stereocenters. The van der Waals surface area contributed by atoms with Crippen molar-refractivity contribution in [3.8, 4) is 17.0 Å². The van der Waals surface area contributed by atoms with E-state index in [0.717, 1.165) is 39.0 Å². The molecule has 4 rings (SSSR count). The Kier molecular flexibility index (Phi) is 5.44. The average molecular weight is 397 g/mol. The molecule has 1 N–H and O–H groups in total. The molecule has 5 heteroatoms. The molecule has 0 saturated heterocycles. The quantitative estimate of drug-likeness (QED) is 0.509. The minimum absolute atomic E-state index is 0.153. The highest BCUT2D eigenvalue weighted by Gasteiger charge is 2.18. The van der Waals surface area contributed by atoms with E-state index in [1.165, 1.54) is 0 Å². The van der Waals surface area contributed by atoms with Crippen molar-refractivity contribution in [3.63, 3.8) is 0 Å². The van der Waals surface area contributed by atoms with Gasteiger partial charge in [-0.25, -0.2) is 4.98 Å². The highest BCUT2D eigenvalue weighted by Crippen LogP contribution is 2.28. The van der Waals surface area contributed by atoms with Gasteiger partial charge in [0.05, 0.1) is 29.9 Å². The van der Waals surface area contributed by atoms with Gasteiger partial charge in [0.25, 0.3) is 5.91 Å². The fraction of sp³-hybridized carbons (Fsp3) is 0.160. The second kappa shape index (κ2) is 8.33. The number of aryl methyl sites for hydroxylation is 1. The maximum Gasteiger partial charge on any atom is 0.252 e. The molecule has 0 aliphatic rings. The maximum absolute atomic E-state index is 13.3. The van der Waals surface area contributed by atoms with Crippen LogP contribution in [0.15, 0.2) is 73.1 Å². The zero-order valence-electron chi connectivity index (χ0n) is 17.2. The van der Waals surface area contributed by atoms with Crippen molar-refractivity contribution in [1.82, 2.24) is 15.3 Å². The van der Waals surface area contributed by atoms with Crippen molar-refractivity contribution in [2.45, 2.75) is 19.9 Å². The third-order valence-electron chi connectivity index (χ3n) is 5.14. The third kappa shape index (κ3) is 3.87. The summed E-state index contributed by atoms with van der Waals surface area (Å²) in [6.07, 6.45) is 3.44. The molecular weight excluding hydrogens is 374 g/mol. The molecule has 0 aliphatic carbocycles. The first-order valence-corrected chi connectivity index (χ1v) is 9.82. The number of hydrogen-bond donors (Lipinski definition) is 1. The van der Waals surface area contributed by atoms with Crippen LogP contribution in [0, 0.1) is 6.92 Å². The molecule has 150 valence electrons. The molecule has 1 atom stereocenters. The molecule has 0 spiro atoms. The molecule has 2 heterocycles. The van der Waals surface area contributed by atoms with Gasteiger partial charge in [0.2, 0.25) is 0 Å². The lowest BCUT2D eigenvalue weighted by Crippen LogP contribution is -2.27. The van der Waals surface area contributed by atoms with E-state index in [1.807, 2.05) is 74.5 Å². The van der Waals surface area contributed by atoms with Gasteiger partial charge < -0.3 is 10.1 Å². The van der Waals surface area contributed by atoms with Crippen molar-refractivity contribution in [2.75, 3.05) is 7.11 Å². The second-order valence-electron chi connectivity index (χ2n) is 7.25. The number of amides is 1. The summed E-state index contributed by atoms with van der Waals surface area (Å²) >= 11 is 0. The van der Waals surface area contributed by atoms with Crippen LogP contribution < -0.4 is 10.1 Å². The summed E-state index contributed by atoms with van der Waals surface area (Å²) in [5.74, 6) is 0.602. The number of hydrogen-bond acceptors (Lipinski definition) is 4. The Hall–Kier alpha value is -3.73. The number of benzene rings is 2. The molecular formula is C25H23N3O2. The Bertz CT molecular complexity index is 1210. The van der Waals surface area contributed by atoms with Gasteiger partial charge in [0, 0.05) is 28.9 Å². The van der Waals surface area contributed by atoms with Crippen LogP contribution in [-0.4, -0.2) is 23.0 Å². The van der Waals surface area contributed by atoms with Gasteiger partial charge in [0.15, 0.2) is 0 Å². The number of carbonyl (C=O) groups excluding carboxylic acids is 1. The predicted octanol–water partition coefficient (Wildman–Crippen LogP) is 5.10. The summed E-state index contributed by atoms with van der Waals surface area (Å²) in [5.41, 5.74) is 5.07. The summed E-state index contributed by atoms with van der Waals surface area (Å²) in [4.78, 5) is 22.1. The van der Waals surface area contributed by atoms with E-state index in [-0.39, 0.29) is 11.9 Å². The highest BCUT2D eigenvalue weighted by molar-refractivity contribution is 6.07. The summed E-state index contributed by atoms with van der Waals surface area (Å²) in [6.45, 7) is 3.98. The van der Waals surface area contributed by atoms with Crippen LogP contribution in [0.25, 0.3) is 22.2 Å². The molecule has 2 aromatic heterocycles. The molecule has 0 saturated carbocycles. The van der Waals surface area contributed by atoms with Crippen LogP contribution in [0.4, 0.5) is 0 Å². The van der Waals surface area contributed by atoms with E-state index in [9.17, 15) is 4.79 Å². The minimum Gasteiger partial charge on any atom is -0.496 e. The van der Waals surface area contributed by atoms with Crippen LogP contribution in [0.2, 0.25) is 0 Å². The van der Waals surface area contributed by atoms with E-state index in [4.69, 9.17) is 9.72 Å². The van der Waals surface area contributed by atoms with Gasteiger partial charge in [-0.05, 0) is 44.2 Å². The molecule has 1 amide bonds. The number of aromatic nitrogens is 2. The molecule has 0 bridgehead atoms. The number of pyridine rings is 2. The number of fused-ring (bicyclic) bond motifs is 1. The first-order valence-electron chi connectivity index (χ1n) is 9.82. The smallest absolute Gasteiger partial charge is 0.252 e. The first kappa shape index (κ1) is 19.6. The molecule has 2 aromatic carbocycles.